The highest BCUT2D eigenvalue weighted by Gasteiger charge is 2.26. The first-order chi connectivity index (χ1) is 10.0. The normalized spacial score (nSPS) is 18.8. The van der Waals surface area contributed by atoms with Gasteiger partial charge < -0.3 is 20.9 Å². The maximum Gasteiger partial charge on any atom is 0.307 e. The third-order valence-corrected chi connectivity index (χ3v) is 3.94. The zero-order valence-corrected chi connectivity index (χ0v) is 12.8. The van der Waals surface area contributed by atoms with Crippen LogP contribution in [0, 0.1) is 5.92 Å². The molecule has 0 aromatic rings. The molecule has 6 heteroatoms. The van der Waals surface area contributed by atoms with Gasteiger partial charge in [0, 0.05) is 12.6 Å². The number of aliphatic hydroxyl groups is 1. The Morgan fingerprint density at radius 3 is 2.62 bits per heavy atom. The first-order valence-corrected chi connectivity index (χ1v) is 7.91. The lowest BCUT2D eigenvalue weighted by Crippen LogP contribution is -2.47. The second kappa shape index (κ2) is 9.73. The fourth-order valence-corrected chi connectivity index (χ4v) is 2.76. The van der Waals surface area contributed by atoms with Crippen LogP contribution < -0.4 is 11.1 Å². The minimum Gasteiger partial charge on any atom is -0.466 e. The van der Waals surface area contributed by atoms with E-state index < -0.39 is 18.1 Å². The van der Waals surface area contributed by atoms with Crippen LogP contribution in [0.3, 0.4) is 0 Å². The summed E-state index contributed by atoms with van der Waals surface area (Å²) in [6, 6.07) is -0.546. The summed E-state index contributed by atoms with van der Waals surface area (Å²) in [5.41, 5.74) is 5.93. The van der Waals surface area contributed by atoms with Gasteiger partial charge in [-0.15, -0.1) is 0 Å². The first-order valence-electron chi connectivity index (χ1n) is 7.91. The molecule has 6 nitrogen and oxygen atoms in total. The highest BCUT2D eigenvalue weighted by Crippen LogP contribution is 2.27. The number of carbonyl (C=O) groups excluding carboxylic acids is 2. The van der Waals surface area contributed by atoms with Crippen molar-refractivity contribution in [3.8, 4) is 0 Å². The highest BCUT2D eigenvalue weighted by atomic mass is 16.5. The Hall–Kier alpha value is -1.14. The molecule has 1 saturated carbocycles. The van der Waals surface area contributed by atoms with Crippen LogP contribution >= 0.6 is 0 Å². The second-order valence-electron chi connectivity index (χ2n) is 5.69. The number of rotatable bonds is 8. The summed E-state index contributed by atoms with van der Waals surface area (Å²) in [6.45, 7) is 2.21. The predicted molar refractivity (Wildman–Crippen MR) is 79.4 cm³/mol. The number of aliphatic hydroxyl groups excluding tert-OH is 1. The zero-order valence-electron chi connectivity index (χ0n) is 12.8. The van der Waals surface area contributed by atoms with E-state index in [-0.39, 0.29) is 18.9 Å². The molecule has 1 aliphatic rings. The van der Waals surface area contributed by atoms with Crippen molar-refractivity contribution in [2.24, 2.45) is 11.7 Å². The molecular weight excluding hydrogens is 272 g/mol. The number of ether oxygens (including phenoxy) is 1. The van der Waals surface area contributed by atoms with Gasteiger partial charge in [0.25, 0.3) is 0 Å². The first kappa shape index (κ1) is 17.9. The number of hydrogen-bond acceptors (Lipinski definition) is 5. The molecule has 0 radical (unpaired) electrons. The molecule has 0 bridgehead atoms. The molecular formula is C15H28N2O4. The molecule has 0 aromatic heterocycles. The van der Waals surface area contributed by atoms with Crippen molar-refractivity contribution in [2.75, 3.05) is 13.2 Å². The van der Waals surface area contributed by atoms with E-state index in [2.05, 4.69) is 5.32 Å². The average molecular weight is 300 g/mol. The molecule has 1 amide bonds. The van der Waals surface area contributed by atoms with E-state index in [4.69, 9.17) is 10.5 Å². The summed E-state index contributed by atoms with van der Waals surface area (Å²) >= 11 is 0. The van der Waals surface area contributed by atoms with Gasteiger partial charge in [-0.05, 0) is 19.3 Å². The van der Waals surface area contributed by atoms with Crippen molar-refractivity contribution in [3.63, 3.8) is 0 Å². The zero-order chi connectivity index (χ0) is 15.7. The fraction of sp³-hybridized carbons (Fsp3) is 0.867. The highest BCUT2D eigenvalue weighted by molar-refractivity contribution is 5.81. The topological polar surface area (TPSA) is 102 Å². The van der Waals surface area contributed by atoms with Crippen LogP contribution in [0.15, 0.2) is 0 Å². The van der Waals surface area contributed by atoms with Gasteiger partial charge in [0.05, 0.1) is 13.0 Å². The Morgan fingerprint density at radius 2 is 2.00 bits per heavy atom. The molecule has 122 valence electrons. The molecule has 1 rings (SSSR count). The predicted octanol–water partition coefficient (Wildman–Crippen LogP) is 0.714. The van der Waals surface area contributed by atoms with E-state index in [0.29, 0.717) is 18.9 Å². The van der Waals surface area contributed by atoms with E-state index in [1.165, 1.54) is 19.3 Å². The minimum atomic E-state index is -1.21. The third-order valence-electron chi connectivity index (χ3n) is 3.94. The van der Waals surface area contributed by atoms with E-state index in [1.54, 1.807) is 6.92 Å². The smallest absolute Gasteiger partial charge is 0.307 e. The standard InChI is InChI=1S/C15H28N2O4/c1-2-21-13(18)8-9-17-15(20)14(19)12(16)10-11-6-4-3-5-7-11/h11-12,14,19H,2-10,16H2,1H3,(H,17,20)/t12-,14?/m1/s1. The van der Waals surface area contributed by atoms with Crippen LogP contribution in [-0.4, -0.2) is 42.3 Å². The average Bonchev–Trinajstić information content (AvgIpc) is 2.47. The maximum atomic E-state index is 11.8. The van der Waals surface area contributed by atoms with Crippen molar-refractivity contribution in [1.82, 2.24) is 5.32 Å². The van der Waals surface area contributed by atoms with Gasteiger partial charge in [0.2, 0.25) is 5.91 Å². The number of amides is 1. The molecule has 1 aliphatic carbocycles. The van der Waals surface area contributed by atoms with E-state index in [0.717, 1.165) is 12.8 Å². The monoisotopic (exact) mass is 300 g/mol. The van der Waals surface area contributed by atoms with Crippen molar-refractivity contribution < 1.29 is 19.4 Å². The van der Waals surface area contributed by atoms with Crippen molar-refractivity contribution in [3.05, 3.63) is 0 Å². The van der Waals surface area contributed by atoms with Gasteiger partial charge in [-0.2, -0.15) is 0 Å². The van der Waals surface area contributed by atoms with Crippen LogP contribution in [0.2, 0.25) is 0 Å². The summed E-state index contributed by atoms with van der Waals surface area (Å²) in [6.07, 6.45) is 5.50. The minimum absolute atomic E-state index is 0.101. The van der Waals surface area contributed by atoms with Crippen LogP contribution in [-0.2, 0) is 14.3 Å². The Balaban J connectivity index is 2.23. The van der Waals surface area contributed by atoms with Gasteiger partial charge in [-0.25, -0.2) is 0 Å². The lowest BCUT2D eigenvalue weighted by molar-refractivity contribution is -0.143. The SMILES string of the molecule is CCOC(=O)CCNC(=O)C(O)[C@H](N)CC1CCCCC1. The van der Waals surface area contributed by atoms with E-state index in [9.17, 15) is 14.7 Å². The van der Waals surface area contributed by atoms with Crippen LogP contribution in [0.5, 0.6) is 0 Å². The number of nitrogens with one attached hydrogen (secondary N) is 1. The number of carbonyl (C=O) groups is 2. The molecule has 0 aliphatic heterocycles. The quantitative estimate of drug-likeness (QED) is 0.573. The van der Waals surface area contributed by atoms with Gasteiger partial charge in [-0.1, -0.05) is 32.1 Å². The Bertz CT molecular complexity index is 330. The Labute approximate surface area is 126 Å². The van der Waals surface area contributed by atoms with Crippen LogP contribution in [0.25, 0.3) is 0 Å². The largest absolute Gasteiger partial charge is 0.466 e. The molecule has 21 heavy (non-hydrogen) atoms. The summed E-state index contributed by atoms with van der Waals surface area (Å²) < 4.78 is 4.75. The molecule has 0 aromatic carbocycles. The van der Waals surface area contributed by atoms with E-state index in [1.807, 2.05) is 0 Å². The van der Waals surface area contributed by atoms with Crippen LogP contribution in [0.1, 0.15) is 51.9 Å². The molecule has 0 saturated heterocycles. The maximum absolute atomic E-state index is 11.8. The Kier molecular flexibility index (Phi) is 8.30. The van der Waals surface area contributed by atoms with Crippen molar-refractivity contribution in [2.45, 2.75) is 64.0 Å². The molecule has 0 heterocycles. The van der Waals surface area contributed by atoms with Crippen LogP contribution in [0.4, 0.5) is 0 Å². The lowest BCUT2D eigenvalue weighted by atomic mass is 9.84. The summed E-state index contributed by atoms with van der Waals surface area (Å²) in [5, 5.41) is 12.5. The molecule has 4 N–H and O–H groups in total. The fourth-order valence-electron chi connectivity index (χ4n) is 2.76. The Morgan fingerprint density at radius 1 is 1.33 bits per heavy atom. The molecule has 2 atom stereocenters. The van der Waals surface area contributed by atoms with Crippen molar-refractivity contribution >= 4 is 11.9 Å². The number of hydrogen-bond donors (Lipinski definition) is 3. The van der Waals surface area contributed by atoms with E-state index >= 15 is 0 Å². The summed E-state index contributed by atoms with van der Waals surface area (Å²) in [5.74, 6) is -0.364. The van der Waals surface area contributed by atoms with Gasteiger partial charge >= 0.3 is 5.97 Å². The second-order valence-corrected chi connectivity index (χ2v) is 5.69. The summed E-state index contributed by atoms with van der Waals surface area (Å²) in [4.78, 5) is 22.9. The lowest BCUT2D eigenvalue weighted by Gasteiger charge is -2.26. The molecule has 1 unspecified atom stereocenters. The van der Waals surface area contributed by atoms with Gasteiger partial charge in [0.1, 0.15) is 6.10 Å². The number of esters is 1. The third kappa shape index (κ3) is 6.91. The molecule has 1 fully saturated rings. The van der Waals surface area contributed by atoms with Gasteiger partial charge in [0.15, 0.2) is 0 Å². The number of nitrogens with two attached hydrogens (primary N) is 1. The molecule has 0 spiro atoms. The summed E-state index contributed by atoms with van der Waals surface area (Å²) in [7, 11) is 0. The van der Waals surface area contributed by atoms with Crippen molar-refractivity contribution in [1.29, 1.82) is 0 Å². The van der Waals surface area contributed by atoms with Gasteiger partial charge in [-0.3, -0.25) is 9.59 Å².